The molecule has 0 bridgehead atoms. The molecular weight excluding hydrogens is 484 g/mol. The van der Waals surface area contributed by atoms with Crippen molar-refractivity contribution < 1.29 is 0 Å². The fraction of sp³-hybridized carbons (Fsp3) is 0.267. The zero-order valence-corrected chi connectivity index (χ0v) is 22.9. The van der Waals surface area contributed by atoms with Crippen LogP contribution < -0.4 is 10.2 Å². The molecule has 5 rings (SSSR count). The molecule has 2 aromatic carbocycles. The van der Waals surface area contributed by atoms with E-state index in [1.54, 1.807) is 0 Å². The lowest BCUT2D eigenvalue weighted by atomic mass is 9.93. The number of thiocarbonyl (C=S) groups is 1. The van der Waals surface area contributed by atoms with Gasteiger partial charge in [0.1, 0.15) is 0 Å². The van der Waals surface area contributed by atoms with Crippen molar-refractivity contribution in [2.75, 3.05) is 4.90 Å². The fourth-order valence-corrected chi connectivity index (χ4v) is 5.92. The standard InChI is InChI=1S/C30H31ClN4S/c1-18(2)22-12-14-24(15-13-22)35-29(28(33-30(35)36)26-11-6-7-16-32-26)27-19(3)20(4)34(21(27)5)25-10-8-9-23(31)17-25/h6-18,28-29H,1-5H3,(H,33,36)/t28-,29-/m1/s1. The Balaban J connectivity index is 1.70. The SMILES string of the molecule is Cc1c([C@@H]2[C@@H](c3ccccn3)NC(=S)N2c2ccc(C(C)C)cc2)c(C)n(-c2cccc(Cl)c2)c1C. The first-order valence-corrected chi connectivity index (χ1v) is 13.1. The Bertz CT molecular complexity index is 1410. The highest BCUT2D eigenvalue weighted by Gasteiger charge is 2.43. The molecule has 0 spiro atoms. The first-order chi connectivity index (χ1) is 17.3. The van der Waals surface area contributed by atoms with E-state index >= 15 is 0 Å². The highest BCUT2D eigenvalue weighted by Crippen LogP contribution is 2.45. The molecule has 2 atom stereocenters. The number of halogens is 1. The van der Waals surface area contributed by atoms with E-state index < -0.39 is 0 Å². The summed E-state index contributed by atoms with van der Waals surface area (Å²) in [5.41, 5.74) is 9.28. The molecule has 184 valence electrons. The molecule has 1 saturated heterocycles. The molecule has 1 aliphatic rings. The molecule has 0 unspecified atom stereocenters. The lowest BCUT2D eigenvalue weighted by Gasteiger charge is -2.29. The Morgan fingerprint density at radius 1 is 0.917 bits per heavy atom. The summed E-state index contributed by atoms with van der Waals surface area (Å²) >= 11 is 12.3. The number of nitrogens with one attached hydrogen (secondary N) is 1. The van der Waals surface area contributed by atoms with Gasteiger partial charge in [0, 0.05) is 39.5 Å². The zero-order chi connectivity index (χ0) is 25.6. The maximum absolute atomic E-state index is 6.38. The molecule has 2 aromatic heterocycles. The van der Waals surface area contributed by atoms with Gasteiger partial charge >= 0.3 is 0 Å². The maximum Gasteiger partial charge on any atom is 0.174 e. The van der Waals surface area contributed by atoms with E-state index in [0.29, 0.717) is 11.0 Å². The van der Waals surface area contributed by atoms with Crippen LogP contribution in [0, 0.1) is 20.8 Å². The van der Waals surface area contributed by atoms with Crippen molar-refractivity contribution in [1.82, 2.24) is 14.9 Å². The summed E-state index contributed by atoms with van der Waals surface area (Å²) in [6, 6.07) is 22.7. The van der Waals surface area contributed by atoms with E-state index in [9.17, 15) is 0 Å². The van der Waals surface area contributed by atoms with Crippen LogP contribution in [-0.4, -0.2) is 14.7 Å². The summed E-state index contributed by atoms with van der Waals surface area (Å²) < 4.78 is 2.30. The van der Waals surface area contributed by atoms with Crippen LogP contribution in [0.25, 0.3) is 5.69 Å². The van der Waals surface area contributed by atoms with E-state index in [-0.39, 0.29) is 12.1 Å². The summed E-state index contributed by atoms with van der Waals surface area (Å²) in [6.45, 7) is 11.0. The number of pyridine rings is 1. The maximum atomic E-state index is 6.38. The van der Waals surface area contributed by atoms with Gasteiger partial charge in [0.15, 0.2) is 5.11 Å². The fourth-order valence-electron chi connectivity index (χ4n) is 5.39. The quantitative estimate of drug-likeness (QED) is 0.276. The summed E-state index contributed by atoms with van der Waals surface area (Å²) in [5, 5.41) is 5.03. The number of anilines is 1. The Hall–Kier alpha value is -3.15. The average Bonchev–Trinajstić information content (AvgIpc) is 3.31. The first kappa shape index (κ1) is 24.5. The Morgan fingerprint density at radius 2 is 1.67 bits per heavy atom. The predicted octanol–water partition coefficient (Wildman–Crippen LogP) is 7.75. The van der Waals surface area contributed by atoms with Gasteiger partial charge in [-0.15, -0.1) is 0 Å². The highest BCUT2D eigenvalue weighted by atomic mass is 35.5. The van der Waals surface area contributed by atoms with Crippen molar-refractivity contribution in [2.24, 2.45) is 0 Å². The van der Waals surface area contributed by atoms with Crippen LogP contribution in [0.3, 0.4) is 0 Å². The van der Waals surface area contributed by atoms with E-state index in [1.165, 1.54) is 28.1 Å². The Kier molecular flexibility index (Phi) is 6.62. The predicted molar refractivity (Wildman–Crippen MR) is 153 cm³/mol. The largest absolute Gasteiger partial charge is 0.351 e. The van der Waals surface area contributed by atoms with Crippen LogP contribution in [0.5, 0.6) is 0 Å². The number of hydrogen-bond donors (Lipinski definition) is 1. The van der Waals surface area contributed by atoms with E-state index in [4.69, 9.17) is 28.8 Å². The van der Waals surface area contributed by atoms with Crippen molar-refractivity contribution in [3.05, 3.63) is 112 Å². The topological polar surface area (TPSA) is 33.1 Å². The number of hydrogen-bond acceptors (Lipinski definition) is 2. The minimum atomic E-state index is -0.0875. The van der Waals surface area contributed by atoms with Crippen LogP contribution in [0.4, 0.5) is 5.69 Å². The van der Waals surface area contributed by atoms with E-state index in [2.05, 4.69) is 85.8 Å². The molecule has 4 nitrogen and oxygen atoms in total. The monoisotopic (exact) mass is 514 g/mol. The molecule has 4 aromatic rings. The van der Waals surface area contributed by atoms with Crippen LogP contribution in [-0.2, 0) is 0 Å². The van der Waals surface area contributed by atoms with Gasteiger partial charge in [-0.3, -0.25) is 4.98 Å². The van der Waals surface area contributed by atoms with Gasteiger partial charge in [-0.2, -0.15) is 0 Å². The molecule has 36 heavy (non-hydrogen) atoms. The molecule has 1 aliphatic heterocycles. The molecule has 1 fully saturated rings. The lowest BCUT2D eigenvalue weighted by Crippen LogP contribution is -2.29. The molecule has 1 N–H and O–H groups in total. The van der Waals surface area contributed by atoms with Crippen LogP contribution >= 0.6 is 23.8 Å². The molecule has 3 heterocycles. The second-order valence-electron chi connectivity index (χ2n) is 9.77. The Morgan fingerprint density at radius 3 is 2.31 bits per heavy atom. The molecule has 0 amide bonds. The third kappa shape index (κ3) is 4.21. The van der Waals surface area contributed by atoms with Crippen LogP contribution in [0.1, 0.15) is 65.6 Å². The minimum absolute atomic E-state index is 0.0589. The van der Waals surface area contributed by atoms with Crippen LogP contribution in [0.15, 0.2) is 72.9 Å². The number of benzene rings is 2. The minimum Gasteiger partial charge on any atom is -0.351 e. The lowest BCUT2D eigenvalue weighted by molar-refractivity contribution is 0.563. The van der Waals surface area contributed by atoms with Gasteiger partial charge in [0.25, 0.3) is 0 Å². The van der Waals surface area contributed by atoms with Crippen molar-refractivity contribution in [3.8, 4) is 5.69 Å². The number of rotatable bonds is 5. The van der Waals surface area contributed by atoms with Gasteiger partial charge in [-0.1, -0.05) is 49.7 Å². The van der Waals surface area contributed by atoms with Crippen LogP contribution in [0.2, 0.25) is 5.02 Å². The number of nitrogens with zero attached hydrogens (tertiary/aromatic N) is 3. The van der Waals surface area contributed by atoms with Gasteiger partial charge in [0.2, 0.25) is 0 Å². The van der Waals surface area contributed by atoms with Gasteiger partial charge < -0.3 is 14.8 Å². The Labute approximate surface area is 223 Å². The molecule has 6 heteroatoms. The normalized spacial score (nSPS) is 17.6. The molecule has 0 saturated carbocycles. The summed E-state index contributed by atoms with van der Waals surface area (Å²) in [7, 11) is 0. The summed E-state index contributed by atoms with van der Waals surface area (Å²) in [5.74, 6) is 0.471. The second-order valence-corrected chi connectivity index (χ2v) is 10.6. The molecule has 0 radical (unpaired) electrons. The highest BCUT2D eigenvalue weighted by molar-refractivity contribution is 7.80. The third-order valence-corrected chi connectivity index (χ3v) is 7.86. The molecular formula is C30H31ClN4S. The van der Waals surface area contributed by atoms with E-state index in [0.717, 1.165) is 22.1 Å². The first-order valence-electron chi connectivity index (χ1n) is 12.3. The van der Waals surface area contributed by atoms with Crippen molar-refractivity contribution in [3.63, 3.8) is 0 Å². The zero-order valence-electron chi connectivity index (χ0n) is 21.3. The summed E-state index contributed by atoms with van der Waals surface area (Å²) in [6.07, 6.45) is 1.85. The average molecular weight is 515 g/mol. The van der Waals surface area contributed by atoms with E-state index in [1.807, 2.05) is 36.5 Å². The smallest absolute Gasteiger partial charge is 0.174 e. The summed E-state index contributed by atoms with van der Waals surface area (Å²) in [4.78, 5) is 6.98. The second kappa shape index (κ2) is 9.72. The van der Waals surface area contributed by atoms with Crippen molar-refractivity contribution in [2.45, 2.75) is 52.6 Å². The molecule has 0 aliphatic carbocycles. The van der Waals surface area contributed by atoms with Gasteiger partial charge in [-0.05, 0) is 92.5 Å². The number of aromatic nitrogens is 2. The van der Waals surface area contributed by atoms with Gasteiger partial charge in [-0.25, -0.2) is 0 Å². The van der Waals surface area contributed by atoms with Gasteiger partial charge in [0.05, 0.1) is 17.8 Å². The van der Waals surface area contributed by atoms with Crippen molar-refractivity contribution in [1.29, 1.82) is 0 Å². The van der Waals surface area contributed by atoms with Crippen molar-refractivity contribution >= 4 is 34.6 Å². The third-order valence-electron chi connectivity index (χ3n) is 7.31.